The van der Waals surface area contributed by atoms with E-state index in [2.05, 4.69) is 248 Å². The van der Waals surface area contributed by atoms with Crippen molar-refractivity contribution in [3.63, 3.8) is 0 Å². The van der Waals surface area contributed by atoms with E-state index in [9.17, 15) is 0 Å². The van der Waals surface area contributed by atoms with Gasteiger partial charge in [-0.2, -0.15) is 0 Å². The van der Waals surface area contributed by atoms with Crippen molar-refractivity contribution in [1.82, 2.24) is 0 Å². The fourth-order valence-electron chi connectivity index (χ4n) is 12.0. The third kappa shape index (κ3) is 5.40. The van der Waals surface area contributed by atoms with Gasteiger partial charge in [-0.25, -0.2) is 0 Å². The zero-order valence-corrected chi connectivity index (χ0v) is 37.6. The summed E-state index contributed by atoms with van der Waals surface area (Å²) in [4.78, 5) is 5.03. The fraction of sp³-hybridized carbons (Fsp3) is 0.148. The Morgan fingerprint density at radius 1 is 0.470 bits per heavy atom. The molecule has 5 aliphatic rings. The maximum atomic E-state index is 6.81. The monoisotopic (exact) mass is 854 g/mol. The molecule has 4 aliphatic heterocycles. The number of anilines is 7. The number of ether oxygens (including phenoxy) is 1. The zero-order valence-electron chi connectivity index (χ0n) is 37.6. The molecule has 0 saturated carbocycles. The minimum absolute atomic E-state index is 0.0792. The van der Waals surface area contributed by atoms with Gasteiger partial charge in [-0.3, -0.25) is 0 Å². The van der Waals surface area contributed by atoms with Crippen LogP contribution in [-0.2, 0) is 16.2 Å². The summed E-state index contributed by atoms with van der Waals surface area (Å²) in [6.07, 6.45) is 5.56. The van der Waals surface area contributed by atoms with Crippen LogP contribution in [0.4, 0.5) is 39.8 Å². The van der Waals surface area contributed by atoms with Crippen LogP contribution in [0, 0.1) is 0 Å². The molecule has 13 rings (SSSR count). The quantitative estimate of drug-likeness (QED) is 0.185. The SMILES string of the molecule is CC1(C)c2ccccc2Oc2cc3c(cc21)NC1=C(C=CC(N2c4ccccc4C(C)(C)c4ccccc42)C1)N3c1ccc(C2(c3ccccc3)c3ccccc3Nc3ccccc32)cc1. The number of para-hydroxylation sites is 5. The van der Waals surface area contributed by atoms with E-state index in [1.54, 1.807) is 0 Å². The average Bonchev–Trinajstić information content (AvgIpc) is 3.35. The Morgan fingerprint density at radius 2 is 1.02 bits per heavy atom. The highest BCUT2D eigenvalue weighted by Gasteiger charge is 2.45. The van der Waals surface area contributed by atoms with Crippen molar-refractivity contribution < 1.29 is 4.74 Å². The van der Waals surface area contributed by atoms with E-state index in [1.807, 2.05) is 0 Å². The van der Waals surface area contributed by atoms with Crippen molar-refractivity contribution >= 4 is 39.8 Å². The largest absolute Gasteiger partial charge is 0.457 e. The van der Waals surface area contributed by atoms with Crippen LogP contribution < -0.4 is 25.2 Å². The topological polar surface area (TPSA) is 39.8 Å². The summed E-state index contributed by atoms with van der Waals surface area (Å²) >= 11 is 0. The lowest BCUT2D eigenvalue weighted by Gasteiger charge is -2.46. The van der Waals surface area contributed by atoms with Crippen LogP contribution >= 0.6 is 0 Å². The van der Waals surface area contributed by atoms with Gasteiger partial charge in [0.2, 0.25) is 0 Å². The van der Waals surface area contributed by atoms with Gasteiger partial charge in [-0.15, -0.1) is 0 Å². The van der Waals surface area contributed by atoms with Crippen molar-refractivity contribution in [3.05, 3.63) is 256 Å². The predicted octanol–water partition coefficient (Wildman–Crippen LogP) is 15.1. The molecule has 0 aromatic heterocycles. The third-order valence-corrected chi connectivity index (χ3v) is 15.2. The van der Waals surface area contributed by atoms with Gasteiger partial charge in [-0.05, 0) is 88.0 Å². The Labute approximate surface area is 387 Å². The Kier molecular flexibility index (Phi) is 8.27. The van der Waals surface area contributed by atoms with Crippen LogP contribution in [0.2, 0.25) is 0 Å². The predicted molar refractivity (Wildman–Crippen MR) is 271 cm³/mol. The first-order valence-electron chi connectivity index (χ1n) is 23.3. The van der Waals surface area contributed by atoms with Crippen LogP contribution in [-0.4, -0.2) is 6.04 Å². The highest BCUT2D eigenvalue weighted by molar-refractivity contribution is 5.89. The summed E-state index contributed by atoms with van der Waals surface area (Å²) in [6.45, 7) is 9.35. The van der Waals surface area contributed by atoms with Gasteiger partial charge in [0.05, 0.1) is 28.5 Å². The maximum absolute atomic E-state index is 6.81. The van der Waals surface area contributed by atoms with Gasteiger partial charge in [0.1, 0.15) is 11.5 Å². The molecule has 0 amide bonds. The normalized spacial score (nSPS) is 18.3. The third-order valence-electron chi connectivity index (χ3n) is 15.2. The Hall–Kier alpha value is -7.76. The van der Waals surface area contributed by atoms with E-state index in [4.69, 9.17) is 4.74 Å². The molecule has 5 nitrogen and oxygen atoms in total. The first kappa shape index (κ1) is 38.7. The van der Waals surface area contributed by atoms with E-state index in [-0.39, 0.29) is 16.9 Å². The minimum Gasteiger partial charge on any atom is -0.457 e. The Morgan fingerprint density at radius 3 is 1.68 bits per heavy atom. The second-order valence-electron chi connectivity index (χ2n) is 19.5. The molecule has 0 spiro atoms. The van der Waals surface area contributed by atoms with E-state index in [0.29, 0.717) is 0 Å². The van der Waals surface area contributed by atoms with E-state index in [0.717, 1.165) is 52.1 Å². The highest BCUT2D eigenvalue weighted by Crippen LogP contribution is 2.57. The molecule has 0 saturated heterocycles. The number of rotatable bonds is 4. The van der Waals surface area contributed by atoms with Gasteiger partial charge in [-0.1, -0.05) is 167 Å². The summed E-state index contributed by atoms with van der Waals surface area (Å²) < 4.78 is 6.81. The Bertz CT molecular complexity index is 3250. The molecule has 66 heavy (non-hydrogen) atoms. The van der Waals surface area contributed by atoms with Gasteiger partial charge in [0, 0.05) is 68.6 Å². The van der Waals surface area contributed by atoms with E-state index < -0.39 is 5.41 Å². The van der Waals surface area contributed by atoms with Crippen LogP contribution in [0.1, 0.15) is 78.6 Å². The van der Waals surface area contributed by atoms with Crippen LogP contribution in [0.15, 0.2) is 212 Å². The molecule has 5 heteroatoms. The molecule has 0 bridgehead atoms. The molecule has 0 fully saturated rings. The molecular formula is C61H50N4O. The molecule has 320 valence electrons. The molecular weight excluding hydrogens is 805 g/mol. The number of fused-ring (bicyclic) bond motifs is 7. The molecule has 1 unspecified atom stereocenters. The summed E-state index contributed by atoms with van der Waals surface area (Å²) in [5, 5.41) is 7.83. The standard InChI is InChI=1S/C61H50N4O/c1-59(2)45-22-10-15-27-53(45)65(54-28-16-11-23-46(54)59)42-34-35-55-51(36-42)63-52-37-48-58(66-57-29-17-12-24-47(57)60(48,3)4)38-56(52)64(55)41-32-30-40(31-33-41)61(39-18-6-5-7-19-39)43-20-8-13-25-49(43)62-50-26-14-9-21-44(50)61/h5-35,37-38,42,62-63H,36H2,1-4H3. The lowest BCUT2D eigenvalue weighted by molar-refractivity contribution is 0.418. The molecule has 1 aliphatic carbocycles. The number of nitrogens with one attached hydrogen (secondary N) is 2. The minimum atomic E-state index is -0.552. The van der Waals surface area contributed by atoms with Gasteiger partial charge < -0.3 is 25.2 Å². The van der Waals surface area contributed by atoms with Gasteiger partial charge in [0.15, 0.2) is 0 Å². The molecule has 8 aromatic rings. The first-order chi connectivity index (χ1) is 32.2. The van der Waals surface area contributed by atoms with Crippen LogP contribution in [0.5, 0.6) is 11.5 Å². The highest BCUT2D eigenvalue weighted by atomic mass is 16.5. The van der Waals surface area contributed by atoms with Gasteiger partial charge >= 0.3 is 0 Å². The van der Waals surface area contributed by atoms with Crippen molar-refractivity contribution in [2.45, 2.75) is 56.4 Å². The second kappa shape index (κ2) is 14.1. The van der Waals surface area contributed by atoms with Crippen LogP contribution in [0.3, 0.4) is 0 Å². The maximum Gasteiger partial charge on any atom is 0.133 e. The summed E-state index contributed by atoms with van der Waals surface area (Å²) in [5.74, 6) is 1.80. The molecule has 1 atom stereocenters. The summed E-state index contributed by atoms with van der Waals surface area (Å²) in [7, 11) is 0. The first-order valence-corrected chi connectivity index (χ1v) is 23.3. The fourth-order valence-corrected chi connectivity index (χ4v) is 12.0. The molecule has 4 heterocycles. The lowest BCUT2D eigenvalue weighted by atomic mass is 9.63. The zero-order chi connectivity index (χ0) is 44.4. The molecule has 0 radical (unpaired) electrons. The second-order valence-corrected chi connectivity index (χ2v) is 19.5. The number of hydrogen-bond donors (Lipinski definition) is 2. The smallest absolute Gasteiger partial charge is 0.133 e. The lowest BCUT2D eigenvalue weighted by Crippen LogP contribution is -2.41. The van der Waals surface area contributed by atoms with E-state index >= 15 is 0 Å². The number of allylic oxidation sites excluding steroid dienone is 1. The van der Waals surface area contributed by atoms with Crippen molar-refractivity contribution in [1.29, 1.82) is 0 Å². The van der Waals surface area contributed by atoms with Crippen molar-refractivity contribution in [3.8, 4) is 11.5 Å². The summed E-state index contributed by atoms with van der Waals surface area (Å²) in [6, 6.07) is 69.0. The van der Waals surface area contributed by atoms with Crippen molar-refractivity contribution in [2.75, 3.05) is 20.4 Å². The summed E-state index contributed by atoms with van der Waals surface area (Å²) in [5.41, 5.74) is 19.3. The van der Waals surface area contributed by atoms with Crippen LogP contribution in [0.25, 0.3) is 0 Å². The molecule has 2 N–H and O–H groups in total. The van der Waals surface area contributed by atoms with Gasteiger partial charge in [0.25, 0.3) is 0 Å². The number of nitrogens with zero attached hydrogens (tertiary/aromatic N) is 2. The van der Waals surface area contributed by atoms with Crippen molar-refractivity contribution in [2.24, 2.45) is 0 Å². The average molecular weight is 855 g/mol. The number of hydrogen-bond acceptors (Lipinski definition) is 5. The Balaban J connectivity index is 0.977. The number of benzene rings is 8. The van der Waals surface area contributed by atoms with E-state index in [1.165, 1.54) is 61.6 Å². The molecule has 8 aromatic carbocycles.